The van der Waals surface area contributed by atoms with Crippen LogP contribution in [0.4, 0.5) is 0 Å². The van der Waals surface area contributed by atoms with Crippen molar-refractivity contribution in [1.82, 2.24) is 0 Å². The monoisotopic (exact) mass is 526 g/mol. The van der Waals surface area contributed by atoms with Crippen LogP contribution in [-0.4, -0.2) is 64.2 Å². The van der Waals surface area contributed by atoms with Crippen LogP contribution in [0.25, 0.3) is 0 Å². The quantitative estimate of drug-likeness (QED) is 0.393. The predicted octanol–water partition coefficient (Wildman–Crippen LogP) is -0.0657. The van der Waals surface area contributed by atoms with Gasteiger partial charge in [0.2, 0.25) is 0 Å². The molecule has 0 atom stereocenters. The van der Waals surface area contributed by atoms with E-state index >= 15 is 0 Å². The summed E-state index contributed by atoms with van der Waals surface area (Å²) in [5, 5.41) is 71.8. The molecule has 33 heavy (non-hydrogen) atoms. The molecule has 0 saturated carbocycles. The number of hydrogen-bond donors (Lipinski definition) is 3. The molecule has 8 nitrogen and oxygen atoms in total. The van der Waals surface area contributed by atoms with Crippen molar-refractivity contribution in [3.05, 3.63) is 0 Å². The van der Waals surface area contributed by atoms with E-state index in [1.807, 2.05) is 0 Å². The van der Waals surface area contributed by atoms with E-state index in [0.717, 1.165) is 0 Å². The summed E-state index contributed by atoms with van der Waals surface area (Å²) in [7, 11) is 0. The molecular weight excluding hydrogens is 467 g/mol. The molecule has 0 bridgehead atoms. The van der Waals surface area contributed by atoms with Crippen molar-refractivity contribution in [2.45, 2.75) is 160 Å². The van der Waals surface area contributed by atoms with Crippen molar-refractivity contribution in [2.75, 3.05) is 0 Å². The summed E-state index contributed by atoms with van der Waals surface area (Å²) in [4.78, 5) is 0. The molecule has 0 radical (unpaired) electrons. The summed E-state index contributed by atoms with van der Waals surface area (Å²) >= 11 is 0. The van der Waals surface area contributed by atoms with Gasteiger partial charge in [-0.05, 0) is 41.5 Å². The third-order valence-electron chi connectivity index (χ3n) is 0. The Hall–Kier alpha value is 0.264. The first-order valence-corrected chi connectivity index (χ1v) is 11.2. The van der Waals surface area contributed by atoms with Crippen LogP contribution in [0, 0.1) is 0 Å². The molecule has 0 aliphatic heterocycles. The van der Waals surface area contributed by atoms with Gasteiger partial charge < -0.3 is 40.9 Å². The molecule has 0 fully saturated rings. The van der Waals surface area contributed by atoms with Crippen LogP contribution in [0.15, 0.2) is 0 Å². The van der Waals surface area contributed by atoms with Gasteiger partial charge in [-0.3, -0.25) is 0 Å². The Morgan fingerprint density at radius 1 is 0.303 bits per heavy atom. The van der Waals surface area contributed by atoms with Gasteiger partial charge in [-0.1, -0.05) is 69.2 Å². The minimum absolute atomic E-state index is 0. The summed E-state index contributed by atoms with van der Waals surface area (Å²) in [5.41, 5.74) is 0. The molecule has 0 amide bonds. The van der Waals surface area contributed by atoms with Crippen LogP contribution in [0.3, 0.4) is 0 Å². The normalized spacial score (nSPS) is 8.73. The van der Waals surface area contributed by atoms with Gasteiger partial charge in [-0.15, -0.1) is 30.5 Å². The predicted molar refractivity (Wildman–Crippen MR) is 128 cm³/mol. The maximum Gasteiger partial charge on any atom is 5.00 e. The van der Waals surface area contributed by atoms with Gasteiger partial charge in [-0.2, -0.15) is 0 Å². The van der Waals surface area contributed by atoms with Crippen LogP contribution < -0.4 is 25.5 Å². The Morgan fingerprint density at radius 2 is 0.303 bits per heavy atom. The maximum absolute atomic E-state index is 9.53. The van der Waals surface area contributed by atoms with Crippen LogP contribution in [0.5, 0.6) is 0 Å². The van der Waals surface area contributed by atoms with Crippen molar-refractivity contribution in [3.8, 4) is 0 Å². The van der Waals surface area contributed by atoms with E-state index < -0.39 is 30.5 Å². The first-order valence-electron chi connectivity index (χ1n) is 11.2. The second-order valence-corrected chi connectivity index (χ2v) is 8.53. The first kappa shape index (κ1) is 58.8. The minimum Gasteiger partial charge on any atom is -0.852 e. The van der Waals surface area contributed by atoms with Crippen LogP contribution >= 0.6 is 0 Å². The molecule has 3 N–H and O–H groups in total. The van der Waals surface area contributed by atoms with Gasteiger partial charge >= 0.3 is 18.6 Å². The van der Waals surface area contributed by atoms with Crippen molar-refractivity contribution in [2.24, 2.45) is 0 Å². The van der Waals surface area contributed by atoms with Crippen LogP contribution in [0.1, 0.15) is 111 Å². The fraction of sp³-hybridized carbons (Fsp3) is 1.00. The van der Waals surface area contributed by atoms with E-state index in [4.69, 9.17) is 15.3 Å². The molecule has 208 valence electrons. The zero-order chi connectivity index (χ0) is 28.6. The molecule has 0 saturated heterocycles. The van der Waals surface area contributed by atoms with E-state index in [-0.39, 0.29) is 36.9 Å². The fourth-order valence-corrected chi connectivity index (χ4v) is 0. The van der Waals surface area contributed by atoms with E-state index in [9.17, 15) is 25.5 Å². The van der Waals surface area contributed by atoms with E-state index in [0.29, 0.717) is 0 Å². The van der Waals surface area contributed by atoms with Crippen LogP contribution in [0.2, 0.25) is 0 Å². The third kappa shape index (κ3) is 423000. The van der Waals surface area contributed by atoms with E-state index in [2.05, 4.69) is 0 Å². The molecule has 0 aromatic heterocycles. The minimum atomic E-state index is -0.417. The standard InChI is InChI=1S/3C3H8O.5C3H7O.V/c8*1-3(2)4;/h3*3-4H,1-2H3;5*3H,1-2H3;/q;;;5*-1;+5. The molecule has 0 aliphatic carbocycles. The molecule has 9 heteroatoms. The van der Waals surface area contributed by atoms with Gasteiger partial charge in [0, 0.05) is 18.3 Å². The average Bonchev–Trinajstić information content (AvgIpc) is 2.30. The molecular formula is C24H59O8V. The van der Waals surface area contributed by atoms with Crippen molar-refractivity contribution >= 4 is 0 Å². The Morgan fingerprint density at radius 3 is 0.303 bits per heavy atom. The Balaban J connectivity index is -0.0000000284. The molecule has 0 aliphatic rings. The largest absolute Gasteiger partial charge is 5.00 e. The number of rotatable bonds is 0. The zero-order valence-corrected chi connectivity index (χ0v) is 25.8. The van der Waals surface area contributed by atoms with Gasteiger partial charge in [-0.25, -0.2) is 0 Å². The Bertz CT molecular complexity index is 142. The molecule has 0 unspecified atom stereocenters. The summed E-state index contributed by atoms with van der Waals surface area (Å²) in [6.07, 6.45) is -2.58. The number of hydrogen-bond acceptors (Lipinski definition) is 8. The van der Waals surface area contributed by atoms with Gasteiger partial charge in [0.1, 0.15) is 0 Å². The van der Waals surface area contributed by atoms with Gasteiger partial charge in [0.25, 0.3) is 0 Å². The fourth-order valence-electron chi connectivity index (χ4n) is 0. The second kappa shape index (κ2) is 53.6. The number of aliphatic hydroxyl groups is 3. The molecule has 0 rings (SSSR count). The van der Waals surface area contributed by atoms with Crippen molar-refractivity contribution in [1.29, 1.82) is 0 Å². The van der Waals surface area contributed by atoms with Crippen LogP contribution in [-0.2, 0) is 18.6 Å². The topological polar surface area (TPSA) is 176 Å². The molecule has 0 aromatic rings. The van der Waals surface area contributed by atoms with Crippen molar-refractivity contribution < 1.29 is 59.4 Å². The average molecular weight is 527 g/mol. The van der Waals surface area contributed by atoms with Crippen molar-refractivity contribution in [3.63, 3.8) is 0 Å². The Kier molecular flexibility index (Phi) is 95.5. The van der Waals surface area contributed by atoms with Gasteiger partial charge in [0.15, 0.2) is 0 Å². The Labute approximate surface area is 219 Å². The molecule has 0 spiro atoms. The second-order valence-electron chi connectivity index (χ2n) is 8.53. The maximum atomic E-state index is 9.53. The van der Waals surface area contributed by atoms with Gasteiger partial charge in [0.05, 0.1) is 0 Å². The molecule has 0 heterocycles. The smallest absolute Gasteiger partial charge is 0.852 e. The summed E-state index contributed by atoms with van der Waals surface area (Å²) < 4.78 is 0. The first-order chi connectivity index (χ1) is 13.9. The number of aliphatic hydroxyl groups excluding tert-OH is 3. The van der Waals surface area contributed by atoms with E-state index in [1.54, 1.807) is 111 Å². The summed E-state index contributed by atoms with van der Waals surface area (Å²) in [6.45, 7) is 26.4. The van der Waals surface area contributed by atoms with E-state index in [1.165, 1.54) is 0 Å². The summed E-state index contributed by atoms with van der Waals surface area (Å²) in [5.74, 6) is 0. The third-order valence-corrected chi connectivity index (χ3v) is 0. The molecule has 0 aromatic carbocycles. The zero-order valence-electron chi connectivity index (χ0n) is 24.4. The summed E-state index contributed by atoms with van der Waals surface area (Å²) in [6, 6.07) is 0. The SMILES string of the molecule is CC(C)O.CC(C)O.CC(C)O.CC(C)[O-].CC(C)[O-].CC(C)[O-].CC(C)[O-].CC(C)[O-].[V+5].